The molecule has 2 aromatic heterocycles. The Balaban J connectivity index is 1.63. The highest BCUT2D eigenvalue weighted by atomic mass is 79.9. The van der Waals surface area contributed by atoms with Crippen molar-refractivity contribution in [3.8, 4) is 0 Å². The molecule has 0 aliphatic carbocycles. The van der Waals surface area contributed by atoms with Gasteiger partial charge in [-0.2, -0.15) is 0 Å². The number of hydrogen-bond acceptors (Lipinski definition) is 6. The number of pyridine rings is 1. The molecule has 0 spiro atoms. The van der Waals surface area contributed by atoms with Crippen LogP contribution in [-0.4, -0.2) is 22.6 Å². The fourth-order valence-corrected chi connectivity index (χ4v) is 3.18. The van der Waals surface area contributed by atoms with Crippen LogP contribution in [0.2, 0.25) is 0 Å². The summed E-state index contributed by atoms with van der Waals surface area (Å²) in [6.45, 7) is 0. The molecular formula is C18H15BrN6O2S. The first-order valence-corrected chi connectivity index (χ1v) is 9.62. The lowest BCUT2D eigenvalue weighted by molar-refractivity contribution is 0.0960. The summed E-state index contributed by atoms with van der Waals surface area (Å²) in [5.41, 5.74) is 12.1. The maximum atomic E-state index is 12.5. The Labute approximate surface area is 172 Å². The van der Waals surface area contributed by atoms with E-state index in [2.05, 4.69) is 37.1 Å². The molecule has 2 amide bonds. The molecule has 0 unspecified atom stereocenters. The second-order valence-corrected chi connectivity index (χ2v) is 7.38. The van der Waals surface area contributed by atoms with Crippen molar-refractivity contribution in [1.82, 2.24) is 10.4 Å². The summed E-state index contributed by atoms with van der Waals surface area (Å²) >= 11 is 4.52. The summed E-state index contributed by atoms with van der Waals surface area (Å²) in [5.74, 6) is -0.379. The first kappa shape index (κ1) is 19.5. The maximum Gasteiger partial charge on any atom is 0.269 e. The van der Waals surface area contributed by atoms with Crippen LogP contribution in [0.1, 0.15) is 25.6 Å². The third-order valence-corrected chi connectivity index (χ3v) is 4.99. The number of hydrazine groups is 1. The van der Waals surface area contributed by atoms with Crippen LogP contribution in [0.3, 0.4) is 0 Å². The van der Waals surface area contributed by atoms with E-state index in [9.17, 15) is 9.59 Å². The number of carbonyl (C=O) groups is 2. The molecule has 28 heavy (non-hydrogen) atoms. The standard InChI is InChI=1S/C18H15BrN6O2S/c19-12-5-6-14(22-9-12)23-18(27)15-13(7-8-28-15)24-25-17(26)11-3-1-10(2-4-11)16(20)21/h1-9,24H,(H3,20,21)(H,25,26)(H,22,23,27). The number of thiophene rings is 1. The monoisotopic (exact) mass is 458 g/mol. The Morgan fingerprint density at radius 2 is 1.75 bits per heavy atom. The quantitative estimate of drug-likeness (QED) is 0.219. The molecule has 2 heterocycles. The number of aromatic nitrogens is 1. The number of carbonyl (C=O) groups excluding carboxylic acids is 2. The summed E-state index contributed by atoms with van der Waals surface area (Å²) in [7, 11) is 0. The third kappa shape index (κ3) is 4.72. The minimum atomic E-state index is -0.387. The van der Waals surface area contributed by atoms with Gasteiger partial charge in [-0.1, -0.05) is 12.1 Å². The first-order chi connectivity index (χ1) is 13.4. The van der Waals surface area contributed by atoms with Crippen molar-refractivity contribution in [3.63, 3.8) is 0 Å². The second-order valence-electron chi connectivity index (χ2n) is 5.55. The van der Waals surface area contributed by atoms with E-state index < -0.39 is 0 Å². The number of benzene rings is 1. The highest BCUT2D eigenvalue weighted by molar-refractivity contribution is 9.10. The van der Waals surface area contributed by atoms with E-state index in [1.54, 1.807) is 54.0 Å². The van der Waals surface area contributed by atoms with Crippen LogP contribution in [-0.2, 0) is 0 Å². The van der Waals surface area contributed by atoms with Gasteiger partial charge >= 0.3 is 0 Å². The van der Waals surface area contributed by atoms with Crippen LogP contribution in [0, 0.1) is 5.41 Å². The van der Waals surface area contributed by atoms with Gasteiger partial charge in [-0.05, 0) is 51.6 Å². The molecule has 8 nitrogen and oxygen atoms in total. The molecule has 0 bridgehead atoms. The van der Waals surface area contributed by atoms with Gasteiger partial charge in [-0.25, -0.2) is 4.98 Å². The van der Waals surface area contributed by atoms with Crippen LogP contribution in [0.25, 0.3) is 0 Å². The molecule has 0 aliphatic heterocycles. The normalized spacial score (nSPS) is 10.2. The average Bonchev–Trinajstić information content (AvgIpc) is 3.16. The molecule has 142 valence electrons. The van der Waals surface area contributed by atoms with E-state index in [1.807, 2.05) is 0 Å². The van der Waals surface area contributed by atoms with Gasteiger partial charge in [0.05, 0.1) is 5.69 Å². The van der Waals surface area contributed by atoms with Crippen LogP contribution in [0.15, 0.2) is 58.5 Å². The minimum Gasteiger partial charge on any atom is -0.384 e. The maximum absolute atomic E-state index is 12.5. The van der Waals surface area contributed by atoms with E-state index in [4.69, 9.17) is 11.1 Å². The van der Waals surface area contributed by atoms with Crippen molar-refractivity contribution in [2.75, 3.05) is 10.7 Å². The number of nitrogens with one attached hydrogen (secondary N) is 4. The zero-order valence-electron chi connectivity index (χ0n) is 14.3. The molecule has 10 heteroatoms. The zero-order valence-corrected chi connectivity index (χ0v) is 16.7. The van der Waals surface area contributed by atoms with Gasteiger partial charge in [0, 0.05) is 21.8 Å². The molecule has 3 aromatic rings. The number of amides is 2. The molecule has 0 atom stereocenters. The summed E-state index contributed by atoms with van der Waals surface area (Å²) in [4.78, 5) is 29.2. The van der Waals surface area contributed by atoms with Crippen molar-refractivity contribution in [2.24, 2.45) is 5.73 Å². The summed E-state index contributed by atoms with van der Waals surface area (Å²) in [6, 6.07) is 11.4. The van der Waals surface area contributed by atoms with Crippen LogP contribution in [0.5, 0.6) is 0 Å². The van der Waals surface area contributed by atoms with E-state index in [1.165, 1.54) is 11.3 Å². The molecule has 6 N–H and O–H groups in total. The van der Waals surface area contributed by atoms with Gasteiger partial charge in [0.2, 0.25) is 0 Å². The van der Waals surface area contributed by atoms with Crippen molar-refractivity contribution in [1.29, 1.82) is 5.41 Å². The van der Waals surface area contributed by atoms with Crippen LogP contribution < -0.4 is 21.9 Å². The highest BCUT2D eigenvalue weighted by Crippen LogP contribution is 2.23. The smallest absolute Gasteiger partial charge is 0.269 e. The number of rotatable bonds is 6. The lowest BCUT2D eigenvalue weighted by atomic mass is 10.1. The molecule has 0 fully saturated rings. The molecule has 1 aromatic carbocycles. The number of anilines is 2. The lowest BCUT2D eigenvalue weighted by Crippen LogP contribution is -2.30. The van der Waals surface area contributed by atoms with E-state index >= 15 is 0 Å². The lowest BCUT2D eigenvalue weighted by Gasteiger charge is -2.10. The predicted molar refractivity (Wildman–Crippen MR) is 113 cm³/mol. The molecule has 0 saturated heterocycles. The van der Waals surface area contributed by atoms with Gasteiger partial charge in [-0.3, -0.25) is 25.8 Å². The van der Waals surface area contributed by atoms with Gasteiger partial charge in [-0.15, -0.1) is 11.3 Å². The Hall–Kier alpha value is -3.24. The molecule has 3 rings (SSSR count). The van der Waals surface area contributed by atoms with Crippen LogP contribution >= 0.6 is 27.3 Å². The second kappa shape index (κ2) is 8.63. The van der Waals surface area contributed by atoms with E-state index in [-0.39, 0.29) is 17.6 Å². The van der Waals surface area contributed by atoms with Crippen LogP contribution in [0.4, 0.5) is 11.5 Å². The largest absolute Gasteiger partial charge is 0.384 e. The zero-order chi connectivity index (χ0) is 20.1. The summed E-state index contributed by atoms with van der Waals surface area (Å²) in [6.07, 6.45) is 1.58. The number of nitrogen functional groups attached to an aromatic ring is 1. The summed E-state index contributed by atoms with van der Waals surface area (Å²) in [5, 5.41) is 11.8. The molecular weight excluding hydrogens is 444 g/mol. The number of hydrogen-bond donors (Lipinski definition) is 5. The minimum absolute atomic E-state index is 0.0701. The Kier molecular flexibility index (Phi) is 6.02. The highest BCUT2D eigenvalue weighted by Gasteiger charge is 2.15. The Morgan fingerprint density at radius 3 is 2.39 bits per heavy atom. The molecule has 0 aliphatic rings. The van der Waals surface area contributed by atoms with Gasteiger partial charge in [0.15, 0.2) is 0 Å². The van der Waals surface area contributed by atoms with Crippen molar-refractivity contribution >= 4 is 56.4 Å². The van der Waals surface area contributed by atoms with E-state index in [0.717, 1.165) is 4.47 Å². The Morgan fingerprint density at radius 1 is 1.04 bits per heavy atom. The molecule has 0 radical (unpaired) electrons. The number of nitrogens with two attached hydrogens (primary N) is 1. The van der Waals surface area contributed by atoms with E-state index in [0.29, 0.717) is 27.5 Å². The Bertz CT molecular complexity index is 1020. The third-order valence-electron chi connectivity index (χ3n) is 3.61. The van der Waals surface area contributed by atoms with Crippen molar-refractivity contribution in [2.45, 2.75) is 0 Å². The number of nitrogens with zero attached hydrogens (tertiary/aromatic N) is 1. The SMILES string of the molecule is N=C(N)c1ccc(C(=O)NNc2ccsc2C(=O)Nc2ccc(Br)cn2)cc1. The molecule has 0 saturated carbocycles. The van der Waals surface area contributed by atoms with Crippen molar-refractivity contribution in [3.05, 3.63) is 74.5 Å². The van der Waals surface area contributed by atoms with Gasteiger partial charge in [0.25, 0.3) is 11.8 Å². The first-order valence-electron chi connectivity index (χ1n) is 7.95. The number of amidine groups is 1. The van der Waals surface area contributed by atoms with Crippen molar-refractivity contribution < 1.29 is 9.59 Å². The predicted octanol–water partition coefficient (Wildman–Crippen LogP) is 3.20. The van der Waals surface area contributed by atoms with Gasteiger partial charge in [0.1, 0.15) is 16.5 Å². The van der Waals surface area contributed by atoms with Gasteiger partial charge < -0.3 is 11.1 Å². The average molecular weight is 459 g/mol. The summed E-state index contributed by atoms with van der Waals surface area (Å²) < 4.78 is 0.808. The number of halogens is 1. The topological polar surface area (TPSA) is 133 Å². The fourth-order valence-electron chi connectivity index (χ4n) is 2.20. The fraction of sp³-hybridized carbons (Fsp3) is 0.